The molecule has 1 saturated carbocycles. The maximum atomic E-state index is 6.35. The van der Waals surface area contributed by atoms with Crippen LogP contribution in [0, 0.1) is 0 Å². The van der Waals surface area contributed by atoms with E-state index < -0.39 is 0 Å². The number of thioether (sulfide) groups is 1. The van der Waals surface area contributed by atoms with E-state index in [1.807, 2.05) is 11.8 Å². The third-order valence-electron chi connectivity index (χ3n) is 4.09. The highest BCUT2D eigenvalue weighted by molar-refractivity contribution is 8.00. The first-order valence-corrected chi connectivity index (χ1v) is 8.57. The molecule has 0 amide bonds. The molecule has 19 heavy (non-hydrogen) atoms. The molecule has 106 valence electrons. The van der Waals surface area contributed by atoms with Gasteiger partial charge in [-0.15, -0.1) is 11.8 Å². The molecule has 0 aromatic heterocycles. The van der Waals surface area contributed by atoms with E-state index in [-0.39, 0.29) is 0 Å². The van der Waals surface area contributed by atoms with Crippen molar-refractivity contribution >= 4 is 11.8 Å². The summed E-state index contributed by atoms with van der Waals surface area (Å²) in [5.74, 6) is 0.614. The van der Waals surface area contributed by atoms with E-state index in [0.29, 0.717) is 17.2 Å². The summed E-state index contributed by atoms with van der Waals surface area (Å²) < 4.78 is 0. The van der Waals surface area contributed by atoms with Gasteiger partial charge in [0.2, 0.25) is 0 Å². The highest BCUT2D eigenvalue weighted by atomic mass is 32.2. The fourth-order valence-corrected chi connectivity index (χ4v) is 3.97. The third-order valence-corrected chi connectivity index (χ3v) is 5.52. The van der Waals surface area contributed by atoms with Gasteiger partial charge in [-0.3, -0.25) is 0 Å². The molecule has 1 fully saturated rings. The van der Waals surface area contributed by atoms with E-state index >= 15 is 0 Å². The maximum Gasteiger partial charge on any atom is 0.0246 e. The van der Waals surface area contributed by atoms with Crippen LogP contribution in [0.2, 0.25) is 0 Å². The molecule has 2 N–H and O–H groups in total. The zero-order valence-corrected chi connectivity index (χ0v) is 13.1. The fourth-order valence-electron chi connectivity index (χ4n) is 2.73. The van der Waals surface area contributed by atoms with E-state index in [1.165, 1.54) is 49.0 Å². The van der Waals surface area contributed by atoms with Crippen LogP contribution in [0.3, 0.4) is 0 Å². The monoisotopic (exact) mass is 277 g/mol. The lowest BCUT2D eigenvalue weighted by Crippen LogP contribution is -2.33. The Morgan fingerprint density at radius 2 is 1.63 bits per heavy atom. The number of hydrogen-bond donors (Lipinski definition) is 1. The van der Waals surface area contributed by atoms with Gasteiger partial charge in [-0.25, -0.2) is 0 Å². The van der Waals surface area contributed by atoms with Crippen molar-refractivity contribution in [1.82, 2.24) is 0 Å². The Kier molecular flexibility index (Phi) is 5.77. The first-order chi connectivity index (χ1) is 9.16. The summed E-state index contributed by atoms with van der Waals surface area (Å²) in [5, 5.41) is 0.602. The molecule has 0 heterocycles. The molecule has 0 aliphatic heterocycles. The predicted octanol–water partition coefficient (Wildman–Crippen LogP) is 4.95. The lowest BCUT2D eigenvalue weighted by atomic mass is 9.97. The molecule has 1 nitrogen and oxygen atoms in total. The molecule has 2 unspecified atom stereocenters. The average Bonchev–Trinajstić information content (AvgIpc) is 2.39. The summed E-state index contributed by atoms with van der Waals surface area (Å²) in [4.78, 5) is 1.38. The summed E-state index contributed by atoms with van der Waals surface area (Å²) in [5.41, 5.74) is 7.78. The van der Waals surface area contributed by atoms with Crippen molar-refractivity contribution in [2.75, 3.05) is 0 Å². The molecule has 2 atom stereocenters. The number of hydrogen-bond acceptors (Lipinski definition) is 2. The van der Waals surface area contributed by atoms with Gasteiger partial charge in [-0.1, -0.05) is 51.7 Å². The van der Waals surface area contributed by atoms with Crippen LogP contribution in [0.1, 0.15) is 63.9 Å². The van der Waals surface area contributed by atoms with Crippen LogP contribution in [0.4, 0.5) is 0 Å². The van der Waals surface area contributed by atoms with E-state index in [1.54, 1.807) is 0 Å². The number of nitrogens with two attached hydrogens (primary N) is 1. The van der Waals surface area contributed by atoms with Crippen LogP contribution in [0.25, 0.3) is 0 Å². The second-order valence-electron chi connectivity index (χ2n) is 6.04. The lowest BCUT2D eigenvalue weighted by Gasteiger charge is -2.26. The molecule has 2 rings (SSSR count). The van der Waals surface area contributed by atoms with Crippen molar-refractivity contribution in [1.29, 1.82) is 0 Å². The van der Waals surface area contributed by atoms with Crippen LogP contribution >= 0.6 is 11.8 Å². The van der Waals surface area contributed by atoms with Crippen molar-refractivity contribution in [3.8, 4) is 0 Å². The molecule has 1 aliphatic carbocycles. The maximum absolute atomic E-state index is 6.35. The van der Waals surface area contributed by atoms with Crippen molar-refractivity contribution in [2.24, 2.45) is 5.73 Å². The largest absolute Gasteiger partial charge is 0.327 e. The summed E-state index contributed by atoms with van der Waals surface area (Å²) in [6.07, 6.45) is 7.88. The minimum Gasteiger partial charge on any atom is -0.327 e. The van der Waals surface area contributed by atoms with Gasteiger partial charge < -0.3 is 5.73 Å². The molecule has 0 bridgehead atoms. The van der Waals surface area contributed by atoms with Gasteiger partial charge in [0.25, 0.3) is 0 Å². The highest BCUT2D eigenvalue weighted by Crippen LogP contribution is 2.32. The summed E-state index contributed by atoms with van der Waals surface area (Å²) in [6, 6.07) is 9.44. The summed E-state index contributed by atoms with van der Waals surface area (Å²) in [6.45, 7) is 4.49. The lowest BCUT2D eigenvalue weighted by molar-refractivity contribution is 0.463. The standard InChI is InChI=1S/C17H27NS/c1-13(2)14-9-11-15(12-10-14)19-17-8-6-4-3-5-7-16(17)18/h9-13,16-17H,3-8,18H2,1-2H3. The summed E-state index contributed by atoms with van der Waals surface area (Å²) in [7, 11) is 0. The van der Waals surface area contributed by atoms with E-state index in [9.17, 15) is 0 Å². The Balaban J connectivity index is 1.97. The molecule has 0 spiro atoms. The Hall–Kier alpha value is -0.470. The quantitative estimate of drug-likeness (QED) is 0.845. The Morgan fingerprint density at radius 3 is 2.26 bits per heavy atom. The van der Waals surface area contributed by atoms with E-state index in [4.69, 9.17) is 5.73 Å². The zero-order chi connectivity index (χ0) is 13.7. The smallest absolute Gasteiger partial charge is 0.0246 e. The number of rotatable bonds is 3. The summed E-state index contributed by atoms with van der Waals surface area (Å²) >= 11 is 1.99. The Bertz CT molecular complexity index is 371. The first kappa shape index (κ1) is 14.9. The van der Waals surface area contributed by atoms with Crippen LogP contribution in [0.15, 0.2) is 29.2 Å². The van der Waals surface area contributed by atoms with Crippen molar-refractivity contribution < 1.29 is 0 Å². The van der Waals surface area contributed by atoms with Gasteiger partial charge in [-0.05, 0) is 36.5 Å². The minimum absolute atomic E-state index is 0.370. The van der Waals surface area contributed by atoms with Crippen molar-refractivity contribution in [3.63, 3.8) is 0 Å². The Labute approximate surface area is 122 Å². The molecule has 1 aromatic rings. The van der Waals surface area contributed by atoms with Crippen LogP contribution in [-0.2, 0) is 0 Å². The third kappa shape index (κ3) is 4.54. The Morgan fingerprint density at radius 1 is 1.00 bits per heavy atom. The van der Waals surface area contributed by atoms with Gasteiger partial charge >= 0.3 is 0 Å². The van der Waals surface area contributed by atoms with Gasteiger partial charge in [0, 0.05) is 16.2 Å². The highest BCUT2D eigenvalue weighted by Gasteiger charge is 2.20. The molecule has 1 aliphatic rings. The van der Waals surface area contributed by atoms with Gasteiger partial charge in [0.1, 0.15) is 0 Å². The topological polar surface area (TPSA) is 26.0 Å². The molecule has 0 radical (unpaired) electrons. The number of benzene rings is 1. The average molecular weight is 277 g/mol. The fraction of sp³-hybridized carbons (Fsp3) is 0.647. The molecule has 0 saturated heterocycles. The molecular formula is C17H27NS. The molecular weight excluding hydrogens is 250 g/mol. The molecule has 1 aromatic carbocycles. The minimum atomic E-state index is 0.370. The van der Waals surface area contributed by atoms with Gasteiger partial charge in [0.05, 0.1) is 0 Å². The van der Waals surface area contributed by atoms with Crippen LogP contribution in [-0.4, -0.2) is 11.3 Å². The van der Waals surface area contributed by atoms with Crippen molar-refractivity contribution in [3.05, 3.63) is 29.8 Å². The second-order valence-corrected chi connectivity index (χ2v) is 7.35. The van der Waals surface area contributed by atoms with Crippen LogP contribution < -0.4 is 5.73 Å². The predicted molar refractivity (Wildman–Crippen MR) is 85.9 cm³/mol. The van der Waals surface area contributed by atoms with Gasteiger partial charge in [-0.2, -0.15) is 0 Å². The first-order valence-electron chi connectivity index (χ1n) is 7.69. The van der Waals surface area contributed by atoms with E-state index in [2.05, 4.69) is 38.1 Å². The SMILES string of the molecule is CC(C)c1ccc(SC2CCCCCCC2N)cc1. The second kappa shape index (κ2) is 7.35. The van der Waals surface area contributed by atoms with Crippen LogP contribution in [0.5, 0.6) is 0 Å². The molecule has 2 heteroatoms. The van der Waals surface area contributed by atoms with Gasteiger partial charge in [0.15, 0.2) is 0 Å². The van der Waals surface area contributed by atoms with Crippen molar-refractivity contribution in [2.45, 2.75) is 74.5 Å². The zero-order valence-electron chi connectivity index (χ0n) is 12.3. The normalized spacial score (nSPS) is 25.1. The van der Waals surface area contributed by atoms with E-state index in [0.717, 1.165) is 0 Å².